The lowest BCUT2D eigenvalue weighted by molar-refractivity contribution is -0.133. The van der Waals surface area contributed by atoms with Crippen LogP contribution in [-0.4, -0.2) is 44.1 Å². The van der Waals surface area contributed by atoms with Crippen molar-refractivity contribution in [1.29, 1.82) is 0 Å². The van der Waals surface area contributed by atoms with Crippen molar-refractivity contribution in [2.24, 2.45) is 19.8 Å². The Kier molecular flexibility index (Phi) is 5.92. The first-order chi connectivity index (χ1) is 15.3. The van der Waals surface area contributed by atoms with Gasteiger partial charge in [-0.2, -0.15) is 0 Å². The number of aryl methyl sites for hydroxylation is 1. The standard InChI is InChI=1S/C23H26FN5O3/c1-27-20-19(22(31)28(2)23(27)32)17(9-10-26-20)15-4-3-11-29(13-15)21(30)18(25)12-14-5-7-16(24)8-6-14/h5-10,15,18H,3-4,11-13,25H2,1-2H3/t15-,18+/m0/s1. The predicted molar refractivity (Wildman–Crippen MR) is 119 cm³/mol. The van der Waals surface area contributed by atoms with Crippen LogP contribution in [-0.2, 0) is 25.3 Å². The highest BCUT2D eigenvalue weighted by molar-refractivity contribution is 5.83. The largest absolute Gasteiger partial charge is 0.341 e. The highest BCUT2D eigenvalue weighted by atomic mass is 19.1. The number of amides is 1. The number of carbonyl (C=O) groups excluding carboxylic acids is 1. The van der Waals surface area contributed by atoms with E-state index in [-0.39, 0.29) is 23.2 Å². The minimum atomic E-state index is -0.734. The summed E-state index contributed by atoms with van der Waals surface area (Å²) < 4.78 is 15.6. The van der Waals surface area contributed by atoms with Crippen molar-refractivity contribution < 1.29 is 9.18 Å². The summed E-state index contributed by atoms with van der Waals surface area (Å²) in [5.41, 5.74) is 7.29. The molecule has 0 radical (unpaired) electrons. The second-order valence-corrected chi connectivity index (χ2v) is 8.37. The van der Waals surface area contributed by atoms with Crippen LogP contribution in [0.4, 0.5) is 4.39 Å². The van der Waals surface area contributed by atoms with Crippen molar-refractivity contribution in [3.63, 3.8) is 0 Å². The average Bonchev–Trinajstić information content (AvgIpc) is 2.81. The summed E-state index contributed by atoms with van der Waals surface area (Å²) in [6.07, 6.45) is 3.50. The number of aromatic nitrogens is 3. The number of pyridine rings is 1. The first kappa shape index (κ1) is 21.9. The lowest BCUT2D eigenvalue weighted by atomic mass is 9.89. The number of piperidine rings is 1. The van der Waals surface area contributed by atoms with E-state index < -0.39 is 11.7 Å². The summed E-state index contributed by atoms with van der Waals surface area (Å²) in [5, 5.41) is 0.409. The molecule has 1 saturated heterocycles. The summed E-state index contributed by atoms with van der Waals surface area (Å²) in [6.45, 7) is 1.02. The van der Waals surface area contributed by atoms with Gasteiger partial charge in [0.2, 0.25) is 5.91 Å². The van der Waals surface area contributed by atoms with E-state index in [1.165, 1.54) is 23.7 Å². The van der Waals surface area contributed by atoms with Crippen LogP contribution >= 0.6 is 0 Å². The maximum absolute atomic E-state index is 13.1. The summed E-state index contributed by atoms with van der Waals surface area (Å²) in [5.74, 6) is -0.570. The number of hydrogen-bond acceptors (Lipinski definition) is 5. The van der Waals surface area contributed by atoms with Crippen molar-refractivity contribution in [2.45, 2.75) is 31.2 Å². The molecule has 1 aliphatic rings. The number of nitrogens with two attached hydrogens (primary N) is 1. The van der Waals surface area contributed by atoms with E-state index >= 15 is 0 Å². The zero-order valence-corrected chi connectivity index (χ0v) is 18.1. The third kappa shape index (κ3) is 3.95. The van der Waals surface area contributed by atoms with Gasteiger partial charge in [-0.05, 0) is 48.6 Å². The zero-order chi connectivity index (χ0) is 23.0. The Labute approximate surface area is 184 Å². The minimum absolute atomic E-state index is 0.0681. The van der Waals surface area contributed by atoms with E-state index in [2.05, 4.69) is 4.98 Å². The lowest BCUT2D eigenvalue weighted by Crippen LogP contribution is -2.48. The molecule has 0 aliphatic carbocycles. The van der Waals surface area contributed by atoms with Crippen LogP contribution < -0.4 is 17.0 Å². The Balaban J connectivity index is 1.60. The molecule has 2 aromatic heterocycles. The number of benzene rings is 1. The summed E-state index contributed by atoms with van der Waals surface area (Å²) in [4.78, 5) is 44.2. The topological polar surface area (TPSA) is 103 Å². The first-order valence-electron chi connectivity index (χ1n) is 10.6. The fourth-order valence-electron chi connectivity index (χ4n) is 4.48. The van der Waals surface area contributed by atoms with Crippen LogP contribution in [0.1, 0.15) is 29.9 Å². The van der Waals surface area contributed by atoms with Crippen molar-refractivity contribution in [1.82, 2.24) is 19.0 Å². The fourth-order valence-corrected chi connectivity index (χ4v) is 4.48. The van der Waals surface area contributed by atoms with E-state index in [0.29, 0.717) is 30.5 Å². The van der Waals surface area contributed by atoms with E-state index in [0.717, 1.165) is 28.5 Å². The highest BCUT2D eigenvalue weighted by Crippen LogP contribution is 2.30. The van der Waals surface area contributed by atoms with Gasteiger partial charge in [-0.1, -0.05) is 12.1 Å². The Morgan fingerprint density at radius 2 is 1.91 bits per heavy atom. The molecule has 0 unspecified atom stereocenters. The molecule has 8 nitrogen and oxygen atoms in total. The first-order valence-corrected chi connectivity index (χ1v) is 10.6. The third-order valence-electron chi connectivity index (χ3n) is 6.23. The SMILES string of the molecule is Cn1c(=O)c2c([C@H]3CCCN(C(=O)[C@H](N)Cc4ccc(F)cc4)C3)ccnc2n(C)c1=O. The maximum Gasteiger partial charge on any atom is 0.332 e. The van der Waals surface area contributed by atoms with Gasteiger partial charge in [0.1, 0.15) is 11.5 Å². The fraction of sp³-hybridized carbons (Fsp3) is 0.391. The van der Waals surface area contributed by atoms with E-state index in [9.17, 15) is 18.8 Å². The van der Waals surface area contributed by atoms with Gasteiger partial charge in [0.25, 0.3) is 5.56 Å². The number of halogens is 1. The third-order valence-corrected chi connectivity index (χ3v) is 6.23. The molecule has 0 bridgehead atoms. The molecule has 0 saturated carbocycles. The van der Waals surface area contributed by atoms with Gasteiger partial charge in [-0.25, -0.2) is 14.2 Å². The number of hydrogen-bond donors (Lipinski definition) is 1. The maximum atomic E-state index is 13.1. The normalized spacial score (nSPS) is 17.5. The van der Waals surface area contributed by atoms with E-state index in [1.807, 2.05) is 0 Å². The average molecular weight is 439 g/mol. The molecule has 1 amide bonds. The molecule has 168 valence electrons. The van der Waals surface area contributed by atoms with Crippen molar-refractivity contribution in [2.75, 3.05) is 13.1 Å². The molecular weight excluding hydrogens is 413 g/mol. The second-order valence-electron chi connectivity index (χ2n) is 8.37. The van der Waals surface area contributed by atoms with Gasteiger partial charge in [0.05, 0.1) is 11.4 Å². The number of carbonyl (C=O) groups is 1. The molecule has 4 rings (SSSR count). The smallest absolute Gasteiger partial charge is 0.332 e. The van der Waals surface area contributed by atoms with Crippen LogP contribution in [0.3, 0.4) is 0 Å². The van der Waals surface area contributed by atoms with Crippen molar-refractivity contribution >= 4 is 16.9 Å². The van der Waals surface area contributed by atoms with Crippen LogP contribution in [0, 0.1) is 5.82 Å². The molecule has 3 aromatic rings. The summed E-state index contributed by atoms with van der Waals surface area (Å²) in [7, 11) is 3.04. The van der Waals surface area contributed by atoms with Gasteiger partial charge in [-0.3, -0.25) is 18.7 Å². The predicted octanol–water partition coefficient (Wildman–Crippen LogP) is 1.05. The van der Waals surface area contributed by atoms with Gasteiger partial charge in [-0.15, -0.1) is 0 Å². The number of nitrogens with zero attached hydrogens (tertiary/aromatic N) is 4. The number of rotatable bonds is 4. The summed E-state index contributed by atoms with van der Waals surface area (Å²) in [6, 6.07) is 7.03. The molecule has 1 aromatic carbocycles. The lowest BCUT2D eigenvalue weighted by Gasteiger charge is -2.35. The number of fused-ring (bicyclic) bond motifs is 1. The Hall–Kier alpha value is -3.33. The van der Waals surface area contributed by atoms with Crippen molar-refractivity contribution in [3.05, 3.63) is 74.3 Å². The van der Waals surface area contributed by atoms with Crippen LogP contribution in [0.2, 0.25) is 0 Å². The molecule has 0 spiro atoms. The monoisotopic (exact) mass is 439 g/mol. The molecule has 32 heavy (non-hydrogen) atoms. The molecule has 2 atom stereocenters. The van der Waals surface area contributed by atoms with E-state index in [4.69, 9.17) is 5.73 Å². The van der Waals surface area contributed by atoms with Crippen LogP contribution in [0.5, 0.6) is 0 Å². The van der Waals surface area contributed by atoms with Crippen molar-refractivity contribution in [3.8, 4) is 0 Å². The second kappa shape index (κ2) is 8.66. The Morgan fingerprint density at radius 3 is 2.62 bits per heavy atom. The molecule has 2 N–H and O–H groups in total. The van der Waals surface area contributed by atoms with Crippen LogP contribution in [0.15, 0.2) is 46.1 Å². The van der Waals surface area contributed by atoms with Gasteiger partial charge < -0.3 is 10.6 Å². The quantitative estimate of drug-likeness (QED) is 0.655. The Bertz CT molecular complexity index is 1280. The Morgan fingerprint density at radius 1 is 1.19 bits per heavy atom. The highest BCUT2D eigenvalue weighted by Gasteiger charge is 2.30. The zero-order valence-electron chi connectivity index (χ0n) is 18.1. The molecule has 9 heteroatoms. The summed E-state index contributed by atoms with van der Waals surface area (Å²) >= 11 is 0. The van der Waals surface area contributed by atoms with Gasteiger partial charge in [0.15, 0.2) is 0 Å². The number of likely N-dealkylation sites (tertiary alicyclic amines) is 1. The van der Waals surface area contributed by atoms with Gasteiger partial charge in [0, 0.05) is 39.3 Å². The van der Waals surface area contributed by atoms with Gasteiger partial charge >= 0.3 is 5.69 Å². The minimum Gasteiger partial charge on any atom is -0.341 e. The molecular formula is C23H26FN5O3. The van der Waals surface area contributed by atoms with Crippen LogP contribution in [0.25, 0.3) is 11.0 Å². The molecule has 1 aliphatic heterocycles. The van der Waals surface area contributed by atoms with E-state index in [1.54, 1.807) is 36.3 Å². The molecule has 3 heterocycles. The molecule has 1 fully saturated rings.